The number of amides is 1. The van der Waals surface area contributed by atoms with Gasteiger partial charge in [0, 0.05) is 20.6 Å². The van der Waals surface area contributed by atoms with E-state index in [9.17, 15) is 14.4 Å². The Kier molecular flexibility index (Phi) is 5.33. The highest BCUT2D eigenvalue weighted by Gasteiger charge is 2.16. The molecule has 2 aromatic rings. The van der Waals surface area contributed by atoms with Gasteiger partial charge in [0.25, 0.3) is 11.1 Å². The number of likely N-dealkylation sites (N-methyl/N-ethyl adjacent to an activating group) is 1. The predicted molar refractivity (Wildman–Crippen MR) is 87.6 cm³/mol. The molecule has 23 heavy (non-hydrogen) atoms. The number of carbonyl (C=O) groups is 1. The van der Waals surface area contributed by atoms with Crippen molar-refractivity contribution < 1.29 is 9.53 Å². The van der Waals surface area contributed by atoms with Crippen molar-refractivity contribution in [1.29, 1.82) is 0 Å². The van der Waals surface area contributed by atoms with Crippen LogP contribution in [0.5, 0.6) is 0 Å². The second-order valence-electron chi connectivity index (χ2n) is 5.50. The van der Waals surface area contributed by atoms with Crippen LogP contribution in [0.25, 0.3) is 10.8 Å². The number of aromatic nitrogens is 2. The number of nitrogens with one attached hydrogen (secondary N) is 1. The number of hydrogen-bond donors (Lipinski definition) is 1. The lowest BCUT2D eigenvalue weighted by molar-refractivity contribution is -0.132. The molecule has 1 heterocycles. The van der Waals surface area contributed by atoms with E-state index in [2.05, 4.69) is 5.10 Å². The summed E-state index contributed by atoms with van der Waals surface area (Å²) in [7, 11) is 3.27. The Bertz CT molecular complexity index is 809. The largest absolute Gasteiger partial charge is 0.383 e. The molecule has 7 nitrogen and oxygen atoms in total. The fraction of sp³-hybridized carbons (Fsp3) is 0.438. The number of ether oxygens (including phenoxy) is 1. The van der Waals surface area contributed by atoms with E-state index in [1.165, 1.54) is 4.68 Å². The molecule has 0 fully saturated rings. The number of aromatic amines is 1. The summed E-state index contributed by atoms with van der Waals surface area (Å²) in [6.07, 6.45) is 0.124. The van der Waals surface area contributed by atoms with Crippen LogP contribution in [0.1, 0.15) is 13.3 Å². The quantitative estimate of drug-likeness (QED) is 0.844. The van der Waals surface area contributed by atoms with E-state index in [1.54, 1.807) is 43.3 Å². The van der Waals surface area contributed by atoms with Crippen molar-refractivity contribution in [2.24, 2.45) is 0 Å². The van der Waals surface area contributed by atoms with Crippen LogP contribution in [0.4, 0.5) is 0 Å². The molecule has 7 heteroatoms. The minimum Gasteiger partial charge on any atom is -0.383 e. The average molecular weight is 319 g/mol. The summed E-state index contributed by atoms with van der Waals surface area (Å²) in [5.41, 5.74) is -0.644. The summed E-state index contributed by atoms with van der Waals surface area (Å²) >= 11 is 0. The maximum Gasteiger partial charge on any atom is 0.273 e. The van der Waals surface area contributed by atoms with Gasteiger partial charge in [-0.3, -0.25) is 19.5 Å². The van der Waals surface area contributed by atoms with Crippen LogP contribution in [-0.4, -0.2) is 47.4 Å². The van der Waals surface area contributed by atoms with Crippen molar-refractivity contribution in [3.05, 3.63) is 45.0 Å². The lowest BCUT2D eigenvalue weighted by Gasteiger charge is -2.24. The molecule has 0 saturated heterocycles. The van der Waals surface area contributed by atoms with E-state index >= 15 is 0 Å². The monoisotopic (exact) mass is 319 g/mol. The van der Waals surface area contributed by atoms with Gasteiger partial charge in [-0.1, -0.05) is 12.1 Å². The third-order valence-electron chi connectivity index (χ3n) is 3.90. The zero-order valence-electron chi connectivity index (χ0n) is 13.5. The van der Waals surface area contributed by atoms with E-state index in [0.717, 1.165) is 0 Å². The summed E-state index contributed by atoms with van der Waals surface area (Å²) in [5.74, 6) is -0.115. The van der Waals surface area contributed by atoms with Gasteiger partial charge in [0.15, 0.2) is 0 Å². The molecule has 1 aromatic carbocycles. The number of carbonyl (C=O) groups excluding carboxylic acids is 1. The number of methoxy groups -OCH3 is 1. The van der Waals surface area contributed by atoms with Crippen LogP contribution in [0.3, 0.4) is 0 Å². The van der Waals surface area contributed by atoms with Crippen molar-refractivity contribution in [2.75, 3.05) is 20.8 Å². The Morgan fingerprint density at radius 2 is 1.96 bits per heavy atom. The first-order chi connectivity index (χ1) is 11.0. The fourth-order valence-corrected chi connectivity index (χ4v) is 2.39. The number of H-pyrrole nitrogens is 1. The molecular formula is C16H21N3O4. The smallest absolute Gasteiger partial charge is 0.273 e. The highest BCUT2D eigenvalue weighted by atomic mass is 16.5. The normalized spacial score (nSPS) is 12.3. The van der Waals surface area contributed by atoms with Crippen LogP contribution in [-0.2, 0) is 16.1 Å². The number of benzene rings is 1. The molecular weight excluding hydrogens is 298 g/mol. The third kappa shape index (κ3) is 3.68. The van der Waals surface area contributed by atoms with Crippen molar-refractivity contribution in [2.45, 2.75) is 25.9 Å². The highest BCUT2D eigenvalue weighted by molar-refractivity contribution is 5.80. The minimum atomic E-state index is -0.339. The molecule has 0 aliphatic heterocycles. The summed E-state index contributed by atoms with van der Waals surface area (Å²) in [6.45, 7) is 2.45. The van der Waals surface area contributed by atoms with Gasteiger partial charge >= 0.3 is 0 Å². The Morgan fingerprint density at radius 3 is 2.61 bits per heavy atom. The molecule has 0 aliphatic rings. The molecule has 124 valence electrons. The predicted octanol–water partition coefficient (Wildman–Crippen LogP) is 0.573. The average Bonchev–Trinajstić information content (AvgIpc) is 2.56. The SMILES string of the molecule is COC[C@H](C)N(C)C(=O)CCn1[nH]c(=O)c2ccccc2c1=O. The van der Waals surface area contributed by atoms with Gasteiger partial charge < -0.3 is 9.64 Å². The van der Waals surface area contributed by atoms with Crippen LogP contribution >= 0.6 is 0 Å². The zero-order valence-corrected chi connectivity index (χ0v) is 13.5. The van der Waals surface area contributed by atoms with Crippen molar-refractivity contribution in [1.82, 2.24) is 14.7 Å². The molecule has 1 atom stereocenters. The molecule has 1 aromatic heterocycles. The van der Waals surface area contributed by atoms with Crippen LogP contribution in [0.2, 0.25) is 0 Å². The summed E-state index contributed by atoms with van der Waals surface area (Å²) < 4.78 is 6.22. The second kappa shape index (κ2) is 7.23. The lowest BCUT2D eigenvalue weighted by Crippen LogP contribution is -2.39. The zero-order chi connectivity index (χ0) is 17.0. The molecule has 0 bridgehead atoms. The maximum absolute atomic E-state index is 12.3. The van der Waals surface area contributed by atoms with Gasteiger partial charge in [-0.05, 0) is 19.1 Å². The highest BCUT2D eigenvalue weighted by Crippen LogP contribution is 2.04. The van der Waals surface area contributed by atoms with Crippen LogP contribution < -0.4 is 11.1 Å². The lowest BCUT2D eigenvalue weighted by atomic mass is 10.2. The van der Waals surface area contributed by atoms with E-state index in [0.29, 0.717) is 17.4 Å². The molecule has 1 amide bonds. The number of fused-ring (bicyclic) bond motifs is 1. The second-order valence-corrected chi connectivity index (χ2v) is 5.50. The maximum atomic E-state index is 12.3. The van der Waals surface area contributed by atoms with Gasteiger partial charge in [-0.25, -0.2) is 4.68 Å². The van der Waals surface area contributed by atoms with Crippen molar-refractivity contribution >= 4 is 16.7 Å². The first-order valence-electron chi connectivity index (χ1n) is 7.42. The third-order valence-corrected chi connectivity index (χ3v) is 3.90. The number of rotatable bonds is 6. The molecule has 0 spiro atoms. The molecule has 0 aliphatic carbocycles. The Balaban J connectivity index is 2.17. The summed E-state index contributed by atoms with van der Waals surface area (Å²) in [5, 5.41) is 3.22. The topological polar surface area (TPSA) is 84.4 Å². The summed E-state index contributed by atoms with van der Waals surface area (Å²) in [6, 6.07) is 6.57. The van der Waals surface area contributed by atoms with Gasteiger partial charge in [-0.2, -0.15) is 0 Å². The van der Waals surface area contributed by atoms with Crippen LogP contribution in [0.15, 0.2) is 33.9 Å². The number of nitrogens with zero attached hydrogens (tertiary/aromatic N) is 2. The van der Waals surface area contributed by atoms with E-state index in [1.807, 2.05) is 6.92 Å². The van der Waals surface area contributed by atoms with E-state index < -0.39 is 0 Å². The fourth-order valence-electron chi connectivity index (χ4n) is 2.39. The van der Waals surface area contributed by atoms with E-state index in [-0.39, 0.29) is 36.0 Å². The molecule has 0 unspecified atom stereocenters. The minimum absolute atomic E-state index is 0.0557. The first kappa shape index (κ1) is 17.0. The summed E-state index contributed by atoms with van der Waals surface area (Å²) in [4.78, 5) is 38.1. The Labute approximate surface area is 133 Å². The van der Waals surface area contributed by atoms with Gasteiger partial charge in [-0.15, -0.1) is 0 Å². The Morgan fingerprint density at radius 1 is 1.30 bits per heavy atom. The molecule has 1 N–H and O–H groups in total. The first-order valence-corrected chi connectivity index (χ1v) is 7.42. The molecule has 0 saturated carbocycles. The van der Waals surface area contributed by atoms with Crippen molar-refractivity contribution in [3.63, 3.8) is 0 Å². The molecule has 2 rings (SSSR count). The van der Waals surface area contributed by atoms with Gasteiger partial charge in [0.05, 0.1) is 30.0 Å². The van der Waals surface area contributed by atoms with Crippen molar-refractivity contribution in [3.8, 4) is 0 Å². The van der Waals surface area contributed by atoms with E-state index in [4.69, 9.17) is 4.74 Å². The Hall–Kier alpha value is -2.41. The van der Waals surface area contributed by atoms with Gasteiger partial charge in [0.1, 0.15) is 0 Å². The number of aryl methyl sites for hydroxylation is 1. The standard InChI is InChI=1S/C16H21N3O4/c1-11(10-23-3)18(2)14(20)8-9-19-16(22)13-7-5-4-6-12(13)15(21)17-19/h4-7,11H,8-10H2,1-3H3,(H,17,21)/t11-/m0/s1. The number of hydrogen-bond acceptors (Lipinski definition) is 4. The van der Waals surface area contributed by atoms with Gasteiger partial charge in [0.2, 0.25) is 5.91 Å². The molecule has 0 radical (unpaired) electrons. The van der Waals surface area contributed by atoms with Crippen LogP contribution in [0, 0.1) is 0 Å².